The van der Waals surface area contributed by atoms with Crippen LogP contribution in [0.4, 0.5) is 0 Å². The molecule has 16 heavy (non-hydrogen) atoms. The van der Waals surface area contributed by atoms with E-state index >= 15 is 0 Å². The zero-order valence-electron chi connectivity index (χ0n) is 8.36. The first-order valence-corrected chi connectivity index (χ1v) is 5.29. The Kier molecular flexibility index (Phi) is 4.15. The van der Waals surface area contributed by atoms with Crippen molar-refractivity contribution in [3.05, 3.63) is 26.8 Å². The SMILES string of the molecule is COc1ccc(C=C(C#N)C#N)c(I)c1O. The first kappa shape index (κ1) is 12.3. The van der Waals surface area contributed by atoms with Crippen LogP contribution in [-0.4, -0.2) is 12.2 Å². The zero-order valence-corrected chi connectivity index (χ0v) is 10.5. The Hall–Kier alpha value is -1.73. The number of aromatic hydroxyl groups is 1. The van der Waals surface area contributed by atoms with Gasteiger partial charge in [0.15, 0.2) is 11.5 Å². The van der Waals surface area contributed by atoms with Gasteiger partial charge < -0.3 is 9.84 Å². The van der Waals surface area contributed by atoms with Gasteiger partial charge in [-0.1, -0.05) is 0 Å². The average molecular weight is 326 g/mol. The second-order valence-corrected chi connectivity index (χ2v) is 3.88. The van der Waals surface area contributed by atoms with Crippen molar-refractivity contribution in [3.63, 3.8) is 0 Å². The number of phenols is 1. The molecule has 0 bridgehead atoms. The maximum atomic E-state index is 9.71. The van der Waals surface area contributed by atoms with Crippen molar-refractivity contribution in [1.29, 1.82) is 10.5 Å². The normalized spacial score (nSPS) is 8.75. The van der Waals surface area contributed by atoms with Crippen LogP contribution in [0.5, 0.6) is 11.5 Å². The molecule has 0 atom stereocenters. The third kappa shape index (κ3) is 2.44. The molecule has 1 rings (SSSR count). The van der Waals surface area contributed by atoms with Crippen LogP contribution >= 0.6 is 22.6 Å². The number of methoxy groups -OCH3 is 1. The highest BCUT2D eigenvalue weighted by atomic mass is 127. The second kappa shape index (κ2) is 5.38. The Labute approximate surface area is 107 Å². The van der Waals surface area contributed by atoms with Crippen LogP contribution in [-0.2, 0) is 0 Å². The largest absolute Gasteiger partial charge is 0.504 e. The fraction of sp³-hybridized carbons (Fsp3) is 0.0909. The number of benzene rings is 1. The highest BCUT2D eigenvalue weighted by Gasteiger charge is 2.09. The van der Waals surface area contributed by atoms with Gasteiger partial charge in [0, 0.05) is 0 Å². The molecule has 0 fully saturated rings. The van der Waals surface area contributed by atoms with E-state index in [2.05, 4.69) is 0 Å². The highest BCUT2D eigenvalue weighted by molar-refractivity contribution is 14.1. The van der Waals surface area contributed by atoms with Crippen LogP contribution in [0.1, 0.15) is 5.56 Å². The second-order valence-electron chi connectivity index (χ2n) is 2.80. The van der Waals surface area contributed by atoms with E-state index in [0.717, 1.165) is 0 Å². The number of hydrogen-bond acceptors (Lipinski definition) is 4. The van der Waals surface area contributed by atoms with Crippen molar-refractivity contribution in [3.8, 4) is 23.6 Å². The third-order valence-corrected chi connectivity index (χ3v) is 3.00. The van der Waals surface area contributed by atoms with Gasteiger partial charge in [0.25, 0.3) is 0 Å². The lowest BCUT2D eigenvalue weighted by Crippen LogP contribution is -1.89. The van der Waals surface area contributed by atoms with Crippen LogP contribution in [0.15, 0.2) is 17.7 Å². The highest BCUT2D eigenvalue weighted by Crippen LogP contribution is 2.34. The summed E-state index contributed by atoms with van der Waals surface area (Å²) in [4.78, 5) is 0. The zero-order chi connectivity index (χ0) is 12.1. The molecule has 0 amide bonds. The molecule has 1 aromatic rings. The molecule has 0 saturated carbocycles. The minimum atomic E-state index is -0.0116. The van der Waals surface area contributed by atoms with Crippen molar-refractivity contribution in [2.24, 2.45) is 0 Å². The fourth-order valence-electron chi connectivity index (χ4n) is 1.08. The predicted octanol–water partition coefficient (Wildman–Crippen LogP) is 2.44. The molecule has 0 aliphatic heterocycles. The van der Waals surface area contributed by atoms with Gasteiger partial charge in [-0.2, -0.15) is 10.5 Å². The maximum Gasteiger partial charge on any atom is 0.171 e. The summed E-state index contributed by atoms with van der Waals surface area (Å²) in [6.45, 7) is 0. The fourth-order valence-corrected chi connectivity index (χ4v) is 1.68. The lowest BCUT2D eigenvalue weighted by Gasteiger charge is -2.06. The number of allylic oxidation sites excluding steroid dienone is 1. The molecule has 0 aromatic heterocycles. The number of nitrogens with zero attached hydrogens (tertiary/aromatic N) is 2. The van der Waals surface area contributed by atoms with Crippen LogP contribution in [0.25, 0.3) is 6.08 Å². The first-order valence-electron chi connectivity index (χ1n) is 4.21. The molecule has 0 saturated heterocycles. The summed E-state index contributed by atoms with van der Waals surface area (Å²) in [5.41, 5.74) is 0.597. The van der Waals surface area contributed by atoms with Crippen LogP contribution < -0.4 is 4.74 Å². The molecule has 0 heterocycles. The van der Waals surface area contributed by atoms with Crippen molar-refractivity contribution in [2.75, 3.05) is 7.11 Å². The lowest BCUT2D eigenvalue weighted by atomic mass is 10.1. The van der Waals surface area contributed by atoms with Crippen molar-refractivity contribution in [1.82, 2.24) is 0 Å². The number of ether oxygens (including phenoxy) is 1. The summed E-state index contributed by atoms with van der Waals surface area (Å²) in [5.74, 6) is 0.365. The van der Waals surface area contributed by atoms with E-state index in [-0.39, 0.29) is 11.3 Å². The topological polar surface area (TPSA) is 77.0 Å². The Morgan fingerprint density at radius 2 is 2.06 bits per heavy atom. The van der Waals surface area contributed by atoms with Gasteiger partial charge in [0.05, 0.1) is 10.7 Å². The van der Waals surface area contributed by atoms with E-state index in [9.17, 15) is 5.11 Å². The average Bonchev–Trinajstić information content (AvgIpc) is 2.31. The summed E-state index contributed by atoms with van der Waals surface area (Å²) in [5, 5.41) is 26.9. The van der Waals surface area contributed by atoms with E-state index in [4.69, 9.17) is 15.3 Å². The minimum Gasteiger partial charge on any atom is -0.504 e. The molecule has 0 aliphatic carbocycles. The van der Waals surface area contributed by atoms with Gasteiger partial charge in [0.2, 0.25) is 0 Å². The van der Waals surface area contributed by atoms with Crippen molar-refractivity contribution in [2.45, 2.75) is 0 Å². The Bertz CT molecular complexity index is 508. The first-order chi connectivity index (χ1) is 7.63. The number of hydrogen-bond donors (Lipinski definition) is 1. The number of nitriles is 2. The number of halogens is 1. The summed E-state index contributed by atoms with van der Waals surface area (Å²) >= 11 is 1.93. The molecule has 5 heteroatoms. The molecule has 0 aliphatic rings. The van der Waals surface area contributed by atoms with Gasteiger partial charge in [-0.05, 0) is 46.4 Å². The van der Waals surface area contributed by atoms with Gasteiger partial charge in [-0.3, -0.25) is 0 Å². The van der Waals surface area contributed by atoms with E-state index in [1.165, 1.54) is 13.2 Å². The number of rotatable bonds is 2. The summed E-state index contributed by atoms with van der Waals surface area (Å²) in [6, 6.07) is 6.77. The van der Waals surface area contributed by atoms with E-state index in [0.29, 0.717) is 14.9 Å². The summed E-state index contributed by atoms with van der Waals surface area (Å²) in [7, 11) is 1.45. The maximum absolute atomic E-state index is 9.71. The molecule has 0 spiro atoms. The lowest BCUT2D eigenvalue weighted by molar-refractivity contribution is 0.371. The molecule has 80 valence electrons. The van der Waals surface area contributed by atoms with Gasteiger partial charge in [-0.25, -0.2) is 0 Å². The Balaban J connectivity index is 3.30. The Morgan fingerprint density at radius 1 is 1.44 bits per heavy atom. The van der Waals surface area contributed by atoms with Crippen LogP contribution in [0, 0.1) is 26.2 Å². The van der Waals surface area contributed by atoms with Gasteiger partial charge in [0.1, 0.15) is 17.7 Å². The van der Waals surface area contributed by atoms with Crippen molar-refractivity contribution < 1.29 is 9.84 Å². The molecular formula is C11H7IN2O2. The monoisotopic (exact) mass is 326 g/mol. The predicted molar refractivity (Wildman–Crippen MR) is 66.6 cm³/mol. The molecular weight excluding hydrogens is 319 g/mol. The molecule has 1 N–H and O–H groups in total. The smallest absolute Gasteiger partial charge is 0.171 e. The quantitative estimate of drug-likeness (QED) is 0.669. The van der Waals surface area contributed by atoms with E-state index < -0.39 is 0 Å². The molecule has 0 unspecified atom stereocenters. The summed E-state index contributed by atoms with van der Waals surface area (Å²) in [6.07, 6.45) is 1.42. The van der Waals surface area contributed by atoms with E-state index in [1.807, 2.05) is 22.6 Å². The summed E-state index contributed by atoms with van der Waals surface area (Å²) < 4.78 is 5.47. The minimum absolute atomic E-state index is 0.00656. The van der Waals surface area contributed by atoms with Gasteiger partial charge >= 0.3 is 0 Å². The standard InChI is InChI=1S/C11H7IN2O2/c1-16-9-3-2-8(10(12)11(9)15)4-7(5-13)6-14/h2-4,15H,1H3. The van der Waals surface area contributed by atoms with E-state index in [1.54, 1.807) is 24.3 Å². The molecule has 4 nitrogen and oxygen atoms in total. The van der Waals surface area contributed by atoms with Crippen molar-refractivity contribution >= 4 is 28.7 Å². The molecule has 1 aromatic carbocycles. The van der Waals surface area contributed by atoms with Crippen LogP contribution in [0.2, 0.25) is 0 Å². The van der Waals surface area contributed by atoms with Crippen LogP contribution in [0.3, 0.4) is 0 Å². The number of phenolic OH excluding ortho intramolecular Hbond substituents is 1. The van der Waals surface area contributed by atoms with Gasteiger partial charge in [-0.15, -0.1) is 0 Å². The molecule has 0 radical (unpaired) electrons. The third-order valence-electron chi connectivity index (χ3n) is 1.87. The Morgan fingerprint density at radius 3 is 2.56 bits per heavy atom.